The van der Waals surface area contributed by atoms with Crippen molar-refractivity contribution in [1.29, 1.82) is 0 Å². The largest absolute Gasteiger partial charge is 0.619 e. The molecule has 5 rings (SSSR count). The first-order chi connectivity index (χ1) is 15.4. The molecule has 32 heavy (non-hydrogen) atoms. The lowest BCUT2D eigenvalue weighted by molar-refractivity contribution is -0.605. The number of carbonyl (C=O) groups excluding carboxylic acids is 2. The zero-order valence-corrected chi connectivity index (χ0v) is 17.3. The molecule has 0 radical (unpaired) electrons. The fourth-order valence-corrected chi connectivity index (χ4v) is 4.22. The van der Waals surface area contributed by atoms with Crippen LogP contribution < -0.4 is 14.9 Å². The third kappa shape index (κ3) is 3.35. The summed E-state index contributed by atoms with van der Waals surface area (Å²) in [6, 6.07) is 13.4. The standard InChI is InChI=1S/C24H20N4O4/c1-14-12-17-8-11-28-21(17)19(13-14)20(15-2-4-18(29)5-3-15)25-22(24(28)31)26-23(30)16-6-9-27(32)10-7-16/h2-7,9-10,12-13,22,29H,8,11H2,1H3,(H,26,30)/t22-/m0/s1. The number of amides is 2. The van der Waals surface area contributed by atoms with Crippen molar-refractivity contribution in [3.8, 4) is 5.75 Å². The van der Waals surface area contributed by atoms with Gasteiger partial charge in [-0.05, 0) is 49.2 Å². The molecule has 1 atom stereocenters. The minimum absolute atomic E-state index is 0.125. The van der Waals surface area contributed by atoms with Crippen molar-refractivity contribution < 1.29 is 19.4 Å². The van der Waals surface area contributed by atoms with Crippen molar-refractivity contribution in [3.05, 3.63) is 93.9 Å². The average Bonchev–Trinajstić information content (AvgIpc) is 3.16. The Morgan fingerprint density at radius 2 is 1.91 bits per heavy atom. The molecule has 2 amide bonds. The molecule has 1 aromatic heterocycles. The summed E-state index contributed by atoms with van der Waals surface area (Å²) in [4.78, 5) is 32.6. The van der Waals surface area contributed by atoms with Gasteiger partial charge in [0.25, 0.3) is 11.8 Å². The van der Waals surface area contributed by atoms with E-state index in [1.165, 1.54) is 24.5 Å². The van der Waals surface area contributed by atoms with Gasteiger partial charge in [0.05, 0.1) is 17.0 Å². The van der Waals surface area contributed by atoms with E-state index in [1.807, 2.05) is 13.0 Å². The summed E-state index contributed by atoms with van der Waals surface area (Å²) in [7, 11) is 0. The Morgan fingerprint density at radius 1 is 1.19 bits per heavy atom. The minimum Gasteiger partial charge on any atom is -0.619 e. The van der Waals surface area contributed by atoms with Gasteiger partial charge in [-0.3, -0.25) is 9.59 Å². The Bertz CT molecular complexity index is 1270. The molecular weight excluding hydrogens is 408 g/mol. The van der Waals surface area contributed by atoms with Gasteiger partial charge in [-0.1, -0.05) is 11.6 Å². The van der Waals surface area contributed by atoms with Gasteiger partial charge >= 0.3 is 0 Å². The number of aromatic hydroxyl groups is 1. The predicted molar refractivity (Wildman–Crippen MR) is 118 cm³/mol. The molecule has 0 saturated heterocycles. The van der Waals surface area contributed by atoms with Crippen LogP contribution >= 0.6 is 0 Å². The van der Waals surface area contributed by atoms with Gasteiger partial charge < -0.3 is 20.5 Å². The SMILES string of the molecule is Cc1cc2c3c(c1)C(c1ccc(O)cc1)=N[C@@H](NC(=O)c1cc[n+]([O-])cc1)C(=O)N3CC2. The molecule has 2 aliphatic rings. The van der Waals surface area contributed by atoms with Crippen LogP contribution in [-0.2, 0) is 11.2 Å². The van der Waals surface area contributed by atoms with E-state index in [2.05, 4.69) is 11.4 Å². The molecule has 2 aromatic carbocycles. The summed E-state index contributed by atoms with van der Waals surface area (Å²) in [6.45, 7) is 2.51. The molecule has 0 bridgehead atoms. The van der Waals surface area contributed by atoms with Crippen LogP contribution in [0.2, 0.25) is 0 Å². The number of phenols is 1. The second-order valence-corrected chi connectivity index (χ2v) is 7.91. The van der Waals surface area contributed by atoms with Crippen LogP contribution in [0.25, 0.3) is 0 Å². The van der Waals surface area contributed by atoms with Crippen molar-refractivity contribution >= 4 is 23.2 Å². The number of hydrogen-bond acceptors (Lipinski definition) is 5. The number of aliphatic imine (C=N–C) groups is 1. The van der Waals surface area contributed by atoms with E-state index in [9.17, 15) is 19.9 Å². The number of anilines is 1. The highest BCUT2D eigenvalue weighted by molar-refractivity contribution is 6.21. The molecular formula is C24H20N4O4. The third-order valence-electron chi connectivity index (χ3n) is 5.69. The normalized spacial score (nSPS) is 16.9. The Balaban J connectivity index is 1.62. The van der Waals surface area contributed by atoms with E-state index in [-0.39, 0.29) is 17.2 Å². The van der Waals surface area contributed by atoms with Crippen molar-refractivity contribution in [2.45, 2.75) is 19.5 Å². The van der Waals surface area contributed by atoms with E-state index in [1.54, 1.807) is 29.2 Å². The topological polar surface area (TPSA) is 109 Å². The van der Waals surface area contributed by atoms with Crippen molar-refractivity contribution in [1.82, 2.24) is 5.32 Å². The van der Waals surface area contributed by atoms with Gasteiger partial charge in [-0.15, -0.1) is 0 Å². The lowest BCUT2D eigenvalue weighted by Gasteiger charge is -2.21. The number of phenolic OH excluding ortho intramolecular Hbond substituents is 1. The summed E-state index contributed by atoms with van der Waals surface area (Å²) >= 11 is 0. The summed E-state index contributed by atoms with van der Waals surface area (Å²) in [5.74, 6) is -0.690. The second kappa shape index (κ2) is 7.49. The van der Waals surface area contributed by atoms with Crippen LogP contribution in [0.5, 0.6) is 5.75 Å². The van der Waals surface area contributed by atoms with E-state index in [0.717, 1.165) is 34.4 Å². The molecule has 0 fully saturated rings. The number of aromatic nitrogens is 1. The maximum absolute atomic E-state index is 13.4. The number of hydrogen-bond donors (Lipinski definition) is 2. The second-order valence-electron chi connectivity index (χ2n) is 7.91. The third-order valence-corrected chi connectivity index (χ3v) is 5.69. The Labute approximate surface area is 184 Å². The number of aryl methyl sites for hydroxylation is 1. The molecule has 160 valence electrons. The lowest BCUT2D eigenvalue weighted by atomic mass is 9.96. The van der Waals surface area contributed by atoms with E-state index in [4.69, 9.17) is 4.99 Å². The van der Waals surface area contributed by atoms with Crippen LogP contribution in [-0.4, -0.2) is 35.3 Å². The summed E-state index contributed by atoms with van der Waals surface area (Å²) in [5, 5.41) is 23.7. The zero-order valence-electron chi connectivity index (χ0n) is 17.3. The van der Waals surface area contributed by atoms with Gasteiger partial charge in [0.15, 0.2) is 12.4 Å². The number of nitrogens with one attached hydrogen (secondary N) is 1. The Hall–Kier alpha value is -4.20. The van der Waals surface area contributed by atoms with Crippen LogP contribution in [0.3, 0.4) is 0 Å². The molecule has 0 spiro atoms. The Kier molecular flexibility index (Phi) is 4.62. The highest BCUT2D eigenvalue weighted by atomic mass is 16.5. The number of rotatable bonds is 3. The maximum atomic E-state index is 13.4. The first kappa shape index (κ1) is 19.7. The van der Waals surface area contributed by atoms with Crippen molar-refractivity contribution in [3.63, 3.8) is 0 Å². The van der Waals surface area contributed by atoms with E-state index < -0.39 is 12.1 Å². The first-order valence-corrected chi connectivity index (χ1v) is 10.2. The molecule has 0 unspecified atom stereocenters. The summed E-state index contributed by atoms with van der Waals surface area (Å²) in [6.07, 6.45) is 2.03. The molecule has 8 nitrogen and oxygen atoms in total. The van der Waals surface area contributed by atoms with Crippen LogP contribution in [0.1, 0.15) is 32.6 Å². The van der Waals surface area contributed by atoms with Crippen LogP contribution in [0, 0.1) is 12.1 Å². The summed E-state index contributed by atoms with van der Waals surface area (Å²) < 4.78 is 0.583. The average molecular weight is 428 g/mol. The fourth-order valence-electron chi connectivity index (χ4n) is 4.22. The van der Waals surface area contributed by atoms with Gasteiger partial charge in [0.1, 0.15) is 5.75 Å². The van der Waals surface area contributed by atoms with Gasteiger partial charge in [-0.25, -0.2) is 4.99 Å². The van der Waals surface area contributed by atoms with Crippen molar-refractivity contribution in [2.24, 2.45) is 4.99 Å². The zero-order chi connectivity index (χ0) is 22.4. The molecule has 0 saturated carbocycles. The van der Waals surface area contributed by atoms with Gasteiger partial charge in [0, 0.05) is 29.8 Å². The molecule has 3 heterocycles. The van der Waals surface area contributed by atoms with Crippen LogP contribution in [0.4, 0.5) is 5.69 Å². The number of nitrogens with zero attached hydrogens (tertiary/aromatic N) is 3. The fraction of sp³-hybridized carbons (Fsp3) is 0.167. The number of pyridine rings is 1. The molecule has 3 aromatic rings. The monoisotopic (exact) mass is 428 g/mol. The lowest BCUT2D eigenvalue weighted by Crippen LogP contribution is -2.47. The van der Waals surface area contributed by atoms with Gasteiger partial charge in [0.2, 0.25) is 6.17 Å². The maximum Gasteiger partial charge on any atom is 0.272 e. The van der Waals surface area contributed by atoms with E-state index >= 15 is 0 Å². The Morgan fingerprint density at radius 3 is 2.62 bits per heavy atom. The van der Waals surface area contributed by atoms with E-state index in [0.29, 0.717) is 17.0 Å². The highest BCUT2D eigenvalue weighted by Crippen LogP contribution is 2.37. The predicted octanol–water partition coefficient (Wildman–Crippen LogP) is 1.83. The first-order valence-electron chi connectivity index (χ1n) is 10.2. The smallest absolute Gasteiger partial charge is 0.272 e. The molecule has 0 aliphatic carbocycles. The minimum atomic E-state index is -1.13. The quantitative estimate of drug-likeness (QED) is 0.490. The number of benzene rings is 2. The molecule has 2 aliphatic heterocycles. The van der Waals surface area contributed by atoms with Crippen LogP contribution in [0.15, 0.2) is 65.9 Å². The number of carbonyl (C=O) groups is 2. The van der Waals surface area contributed by atoms with Crippen molar-refractivity contribution in [2.75, 3.05) is 11.4 Å². The summed E-state index contributed by atoms with van der Waals surface area (Å²) in [5.41, 5.74) is 5.30. The van der Waals surface area contributed by atoms with Gasteiger partial charge in [-0.2, -0.15) is 4.73 Å². The molecule has 8 heteroatoms. The highest BCUT2D eigenvalue weighted by Gasteiger charge is 2.37. The molecule has 2 N–H and O–H groups in total.